The minimum atomic E-state index is -1.23. The van der Waals surface area contributed by atoms with E-state index in [1.54, 1.807) is 41.6 Å². The van der Waals surface area contributed by atoms with Crippen molar-refractivity contribution in [3.05, 3.63) is 88.1 Å². The van der Waals surface area contributed by atoms with Crippen molar-refractivity contribution in [2.24, 2.45) is 5.92 Å². The van der Waals surface area contributed by atoms with Gasteiger partial charge in [0.15, 0.2) is 5.54 Å². The second kappa shape index (κ2) is 9.58. The SMILES string of the molecule is O=C(Cc1ccccc1F)N1CCC([C@@]2(c3cccnc3)NC(=O)N(Cc3ccsc3)C2=O)CC1. The quantitative estimate of drug-likeness (QED) is 0.532. The first-order valence-corrected chi connectivity index (χ1v) is 12.5. The van der Waals surface area contributed by atoms with E-state index < -0.39 is 17.4 Å². The molecule has 0 bridgehead atoms. The van der Waals surface area contributed by atoms with Gasteiger partial charge in [-0.25, -0.2) is 9.18 Å². The lowest BCUT2D eigenvalue weighted by Crippen LogP contribution is -2.54. The van der Waals surface area contributed by atoms with E-state index in [0.717, 1.165) is 5.56 Å². The van der Waals surface area contributed by atoms with Crippen LogP contribution >= 0.6 is 11.3 Å². The highest BCUT2D eigenvalue weighted by atomic mass is 32.1. The van der Waals surface area contributed by atoms with Gasteiger partial charge in [0.1, 0.15) is 5.82 Å². The minimum absolute atomic E-state index is 0.00479. The van der Waals surface area contributed by atoms with Gasteiger partial charge in [0.2, 0.25) is 5.91 Å². The number of hydrogen-bond acceptors (Lipinski definition) is 5. The second-order valence-corrected chi connectivity index (χ2v) is 9.71. The zero-order valence-electron chi connectivity index (χ0n) is 19.0. The number of urea groups is 1. The van der Waals surface area contributed by atoms with Crippen LogP contribution in [-0.2, 0) is 28.1 Å². The van der Waals surface area contributed by atoms with Crippen LogP contribution in [0, 0.1) is 11.7 Å². The van der Waals surface area contributed by atoms with Crippen LogP contribution in [0.1, 0.15) is 29.5 Å². The van der Waals surface area contributed by atoms with Crippen LogP contribution in [0.4, 0.5) is 9.18 Å². The van der Waals surface area contributed by atoms with Gasteiger partial charge in [0.05, 0.1) is 13.0 Å². The van der Waals surface area contributed by atoms with E-state index >= 15 is 0 Å². The summed E-state index contributed by atoms with van der Waals surface area (Å²) in [5.41, 5.74) is 0.673. The maximum absolute atomic E-state index is 14.0. The Kier molecular flexibility index (Phi) is 6.34. The number of hydrogen-bond donors (Lipinski definition) is 1. The molecule has 9 heteroatoms. The van der Waals surface area contributed by atoms with Gasteiger partial charge < -0.3 is 10.2 Å². The molecule has 0 aliphatic carbocycles. The van der Waals surface area contributed by atoms with Crippen molar-refractivity contribution in [2.75, 3.05) is 13.1 Å². The Balaban J connectivity index is 1.36. The highest BCUT2D eigenvalue weighted by Crippen LogP contribution is 2.41. The van der Waals surface area contributed by atoms with Crippen LogP contribution < -0.4 is 5.32 Å². The topological polar surface area (TPSA) is 82.6 Å². The van der Waals surface area contributed by atoms with Gasteiger partial charge in [0, 0.05) is 31.0 Å². The fraction of sp³-hybridized carbons (Fsp3) is 0.308. The molecule has 1 aromatic carbocycles. The molecule has 2 aliphatic heterocycles. The van der Waals surface area contributed by atoms with Crippen molar-refractivity contribution in [2.45, 2.75) is 31.3 Å². The molecule has 2 aromatic heterocycles. The van der Waals surface area contributed by atoms with Crippen molar-refractivity contribution in [3.63, 3.8) is 0 Å². The second-order valence-electron chi connectivity index (χ2n) is 8.93. The van der Waals surface area contributed by atoms with Crippen LogP contribution in [0.2, 0.25) is 0 Å². The average Bonchev–Trinajstić information content (AvgIpc) is 3.49. The number of carbonyl (C=O) groups excluding carboxylic acids is 3. The largest absolute Gasteiger partial charge is 0.342 e. The Morgan fingerprint density at radius 2 is 1.94 bits per heavy atom. The first-order chi connectivity index (χ1) is 17.0. The van der Waals surface area contributed by atoms with Crippen LogP contribution in [0.5, 0.6) is 0 Å². The summed E-state index contributed by atoms with van der Waals surface area (Å²) in [7, 11) is 0. The molecule has 3 aromatic rings. The molecule has 1 N–H and O–H groups in total. The van der Waals surface area contributed by atoms with Crippen LogP contribution in [0.15, 0.2) is 65.6 Å². The van der Waals surface area contributed by atoms with Crippen molar-refractivity contribution >= 4 is 29.2 Å². The molecule has 2 fully saturated rings. The number of amides is 4. The van der Waals surface area contributed by atoms with E-state index in [-0.39, 0.29) is 30.7 Å². The normalized spacial score (nSPS) is 20.8. The van der Waals surface area contributed by atoms with Gasteiger partial charge in [-0.1, -0.05) is 24.3 Å². The standard InChI is InChI=1S/C26H25FN4O3S/c27-22-6-2-1-4-19(22)14-23(32)30-11-7-20(8-12-30)26(21-5-3-10-28-15-21)24(33)31(25(34)29-26)16-18-9-13-35-17-18/h1-6,9-10,13,15,17,20H,7-8,11-12,14,16H2,(H,29,34)/t26-/m0/s1. The Bertz CT molecular complexity index is 1230. The van der Waals surface area contributed by atoms with Crippen molar-refractivity contribution in [1.82, 2.24) is 20.1 Å². The fourth-order valence-corrected chi connectivity index (χ4v) is 5.75. The third-order valence-corrected chi connectivity index (χ3v) is 7.66. The molecule has 4 heterocycles. The lowest BCUT2D eigenvalue weighted by Gasteiger charge is -2.41. The van der Waals surface area contributed by atoms with Crippen LogP contribution in [0.25, 0.3) is 0 Å². The molecule has 180 valence electrons. The van der Waals surface area contributed by atoms with E-state index in [0.29, 0.717) is 37.1 Å². The summed E-state index contributed by atoms with van der Waals surface area (Å²) < 4.78 is 14.0. The maximum atomic E-state index is 14.0. The van der Waals surface area contributed by atoms with Gasteiger partial charge in [-0.3, -0.25) is 19.5 Å². The summed E-state index contributed by atoms with van der Waals surface area (Å²) in [6.07, 6.45) is 4.30. The number of aromatic nitrogens is 1. The molecule has 2 saturated heterocycles. The predicted molar refractivity (Wildman–Crippen MR) is 129 cm³/mol. The molecule has 0 unspecified atom stereocenters. The summed E-state index contributed by atoms with van der Waals surface area (Å²) >= 11 is 1.51. The summed E-state index contributed by atoms with van der Waals surface area (Å²) in [6, 6.07) is 11.3. The summed E-state index contributed by atoms with van der Waals surface area (Å²) in [4.78, 5) is 46.9. The summed E-state index contributed by atoms with van der Waals surface area (Å²) in [6.45, 7) is 1.05. The number of piperidine rings is 1. The third-order valence-electron chi connectivity index (χ3n) is 6.93. The number of thiophene rings is 1. The lowest BCUT2D eigenvalue weighted by atomic mass is 9.73. The zero-order chi connectivity index (χ0) is 24.4. The summed E-state index contributed by atoms with van der Waals surface area (Å²) in [5, 5.41) is 6.84. The molecule has 0 spiro atoms. The van der Waals surface area contributed by atoms with E-state index in [1.807, 2.05) is 22.9 Å². The number of benzene rings is 1. The first kappa shape index (κ1) is 23.2. The number of nitrogens with zero attached hydrogens (tertiary/aromatic N) is 3. The fourth-order valence-electron chi connectivity index (χ4n) is 5.09. The van der Waals surface area contributed by atoms with E-state index in [2.05, 4.69) is 10.3 Å². The molecule has 7 nitrogen and oxygen atoms in total. The minimum Gasteiger partial charge on any atom is -0.342 e. The molecule has 0 saturated carbocycles. The molecular weight excluding hydrogens is 467 g/mol. The molecule has 5 rings (SSSR count). The maximum Gasteiger partial charge on any atom is 0.325 e. The van der Waals surface area contributed by atoms with Crippen molar-refractivity contribution in [3.8, 4) is 0 Å². The Morgan fingerprint density at radius 3 is 2.63 bits per heavy atom. The number of nitrogens with one attached hydrogen (secondary N) is 1. The van der Waals surface area contributed by atoms with Gasteiger partial charge in [0.25, 0.3) is 5.91 Å². The molecule has 35 heavy (non-hydrogen) atoms. The Morgan fingerprint density at radius 1 is 1.14 bits per heavy atom. The van der Waals surface area contributed by atoms with Crippen molar-refractivity contribution in [1.29, 1.82) is 0 Å². The monoisotopic (exact) mass is 492 g/mol. The average molecular weight is 493 g/mol. The van der Waals surface area contributed by atoms with Gasteiger partial charge in [-0.2, -0.15) is 11.3 Å². The Hall–Kier alpha value is -3.59. The van der Waals surface area contributed by atoms with Crippen LogP contribution in [-0.4, -0.2) is 45.7 Å². The van der Waals surface area contributed by atoms with Gasteiger partial charge >= 0.3 is 6.03 Å². The van der Waals surface area contributed by atoms with Gasteiger partial charge in [-0.05, 0) is 58.8 Å². The lowest BCUT2D eigenvalue weighted by molar-refractivity contribution is -0.136. The molecule has 2 aliphatic rings. The van der Waals surface area contributed by atoms with Crippen LogP contribution in [0.3, 0.4) is 0 Å². The molecule has 1 atom stereocenters. The first-order valence-electron chi connectivity index (χ1n) is 11.6. The number of carbonyl (C=O) groups is 3. The van der Waals surface area contributed by atoms with E-state index in [4.69, 9.17) is 0 Å². The van der Waals surface area contributed by atoms with Crippen molar-refractivity contribution < 1.29 is 18.8 Å². The highest BCUT2D eigenvalue weighted by Gasteiger charge is 2.57. The molecular formula is C26H25FN4O3S. The zero-order valence-corrected chi connectivity index (χ0v) is 19.8. The number of likely N-dealkylation sites (tertiary alicyclic amines) is 1. The molecule has 4 amide bonds. The summed E-state index contributed by atoms with van der Waals surface area (Å²) in [5.74, 6) is -1.05. The number of rotatable bonds is 6. The van der Waals surface area contributed by atoms with E-state index in [9.17, 15) is 18.8 Å². The predicted octanol–water partition coefficient (Wildman–Crippen LogP) is 3.71. The number of imide groups is 1. The molecule has 0 radical (unpaired) electrons. The number of halogens is 1. The third kappa shape index (κ3) is 4.32. The Labute approximate surface area is 206 Å². The van der Waals surface area contributed by atoms with Gasteiger partial charge in [-0.15, -0.1) is 0 Å². The smallest absolute Gasteiger partial charge is 0.325 e. The highest BCUT2D eigenvalue weighted by molar-refractivity contribution is 7.07. The van der Waals surface area contributed by atoms with E-state index in [1.165, 1.54) is 22.3 Å². The number of pyridine rings is 1.